The van der Waals surface area contributed by atoms with E-state index in [1.54, 1.807) is 0 Å². The summed E-state index contributed by atoms with van der Waals surface area (Å²) in [4.78, 5) is 0. The van der Waals surface area contributed by atoms with Crippen molar-refractivity contribution in [2.24, 2.45) is 0 Å². The molecule has 9 aromatic rings. The molecule has 0 N–H and O–H groups in total. The smallest absolute Gasteiger partial charge is 0.0991 e. The van der Waals surface area contributed by atoms with Gasteiger partial charge >= 0.3 is 0 Å². The average Bonchev–Trinajstić information content (AvgIpc) is 3.70. The number of para-hydroxylation sites is 3. The van der Waals surface area contributed by atoms with E-state index in [2.05, 4.69) is 112 Å². The highest BCUT2D eigenvalue weighted by Gasteiger charge is 2.19. The molecular weight excluding hydrogens is 611 g/mol. The van der Waals surface area contributed by atoms with Crippen LogP contribution in [-0.4, -0.2) is 9.13 Å². The van der Waals surface area contributed by atoms with E-state index in [0.29, 0.717) is 16.7 Å². The lowest BCUT2D eigenvalue weighted by atomic mass is 9.91. The van der Waals surface area contributed by atoms with Crippen LogP contribution in [0.25, 0.3) is 77.2 Å². The zero-order chi connectivity index (χ0) is 33.8. The van der Waals surface area contributed by atoms with Gasteiger partial charge in [-0.05, 0) is 95.6 Å². The third-order valence-electron chi connectivity index (χ3n) is 9.62. The second-order valence-electron chi connectivity index (χ2n) is 12.3. The van der Waals surface area contributed by atoms with E-state index in [1.807, 2.05) is 66.7 Å². The molecule has 7 aromatic carbocycles. The third-order valence-corrected chi connectivity index (χ3v) is 9.62. The lowest BCUT2D eigenvalue weighted by Crippen LogP contribution is -1.99. The summed E-state index contributed by atoms with van der Waals surface area (Å²) in [6, 6.07) is 57.8. The number of nitriles is 3. The first-order valence-corrected chi connectivity index (χ1v) is 16.3. The van der Waals surface area contributed by atoms with Crippen LogP contribution in [0, 0.1) is 34.0 Å². The Hall–Kier alpha value is -7.39. The van der Waals surface area contributed by atoms with Gasteiger partial charge in [-0.25, -0.2) is 0 Å². The largest absolute Gasteiger partial charge is 0.309 e. The van der Waals surface area contributed by atoms with Gasteiger partial charge < -0.3 is 9.13 Å². The number of hydrogen-bond donors (Lipinski definition) is 0. The first-order valence-electron chi connectivity index (χ1n) is 16.3. The molecular formula is C45H25N5. The van der Waals surface area contributed by atoms with Crippen molar-refractivity contribution in [3.05, 3.63) is 168 Å². The van der Waals surface area contributed by atoms with Gasteiger partial charge in [-0.1, -0.05) is 72.8 Å². The minimum absolute atomic E-state index is 0.554. The van der Waals surface area contributed by atoms with E-state index in [-0.39, 0.29) is 0 Å². The van der Waals surface area contributed by atoms with Crippen LogP contribution in [0.2, 0.25) is 0 Å². The van der Waals surface area contributed by atoms with Crippen LogP contribution >= 0.6 is 0 Å². The third kappa shape index (κ3) is 4.38. The number of rotatable bonds is 4. The molecule has 0 fully saturated rings. The highest BCUT2D eigenvalue weighted by Crippen LogP contribution is 2.41. The summed E-state index contributed by atoms with van der Waals surface area (Å²) in [6.45, 7) is 0. The van der Waals surface area contributed by atoms with E-state index in [9.17, 15) is 15.8 Å². The van der Waals surface area contributed by atoms with Crippen molar-refractivity contribution in [1.29, 1.82) is 15.8 Å². The van der Waals surface area contributed by atoms with Gasteiger partial charge in [-0.3, -0.25) is 0 Å². The molecule has 0 saturated carbocycles. The van der Waals surface area contributed by atoms with E-state index in [1.165, 1.54) is 0 Å². The number of hydrogen-bond acceptors (Lipinski definition) is 3. The summed E-state index contributed by atoms with van der Waals surface area (Å²) < 4.78 is 4.49. The fourth-order valence-electron chi connectivity index (χ4n) is 7.40. The lowest BCUT2D eigenvalue weighted by molar-refractivity contribution is 1.18. The fourth-order valence-corrected chi connectivity index (χ4v) is 7.40. The normalized spacial score (nSPS) is 11.1. The van der Waals surface area contributed by atoms with E-state index < -0.39 is 0 Å². The molecule has 0 saturated heterocycles. The maximum Gasteiger partial charge on any atom is 0.0991 e. The van der Waals surface area contributed by atoms with Gasteiger partial charge in [0, 0.05) is 32.8 Å². The van der Waals surface area contributed by atoms with Crippen molar-refractivity contribution < 1.29 is 0 Å². The second-order valence-corrected chi connectivity index (χ2v) is 12.3. The Morgan fingerprint density at radius 2 is 0.840 bits per heavy atom. The Morgan fingerprint density at radius 3 is 1.46 bits per heavy atom. The van der Waals surface area contributed by atoms with Crippen LogP contribution in [0.15, 0.2) is 152 Å². The topological polar surface area (TPSA) is 81.2 Å². The van der Waals surface area contributed by atoms with Gasteiger partial charge in [-0.15, -0.1) is 0 Å². The van der Waals surface area contributed by atoms with Crippen molar-refractivity contribution in [3.8, 4) is 51.8 Å². The lowest BCUT2D eigenvalue weighted by Gasteiger charge is -2.18. The number of nitrogens with zero attached hydrogens (tertiary/aromatic N) is 5. The highest BCUT2D eigenvalue weighted by molar-refractivity contribution is 6.11. The van der Waals surface area contributed by atoms with Crippen LogP contribution in [0.5, 0.6) is 0 Å². The predicted octanol–water partition coefficient (Wildman–Crippen LogP) is 10.8. The maximum absolute atomic E-state index is 10.0. The van der Waals surface area contributed by atoms with E-state index >= 15 is 0 Å². The summed E-state index contributed by atoms with van der Waals surface area (Å²) >= 11 is 0. The molecule has 0 aliphatic heterocycles. The Balaban J connectivity index is 1.25. The number of benzene rings is 7. The van der Waals surface area contributed by atoms with Crippen molar-refractivity contribution in [3.63, 3.8) is 0 Å². The molecule has 0 unspecified atom stereocenters. The molecule has 5 nitrogen and oxygen atoms in total. The first-order chi connectivity index (χ1) is 24.7. The molecule has 0 aliphatic rings. The Morgan fingerprint density at radius 1 is 0.360 bits per heavy atom. The SMILES string of the molecule is N#Cc1ccc(-c2cc(C#N)ccc2-n2c3ccccc3c3ccccc32)c(-c2ccc(-n3c4ccccc4c4cc(C#N)ccc43)cc2)c1. The highest BCUT2D eigenvalue weighted by atomic mass is 15.0. The first kappa shape index (κ1) is 28.8. The molecule has 2 heterocycles. The van der Waals surface area contributed by atoms with Crippen LogP contribution in [0.3, 0.4) is 0 Å². The van der Waals surface area contributed by atoms with E-state index in [0.717, 1.165) is 77.2 Å². The Labute approximate surface area is 287 Å². The van der Waals surface area contributed by atoms with Crippen molar-refractivity contribution in [1.82, 2.24) is 9.13 Å². The number of fused-ring (bicyclic) bond motifs is 6. The van der Waals surface area contributed by atoms with Crippen molar-refractivity contribution in [2.45, 2.75) is 0 Å². The Kier molecular flexibility index (Phi) is 6.56. The zero-order valence-corrected chi connectivity index (χ0v) is 26.7. The second kappa shape index (κ2) is 11.4. The standard InChI is InChI=1S/C45H25N5/c46-26-29-13-20-34(39-24-30(27-47)15-22-45(39)50-42-11-5-1-7-35(42)36-8-2-6-12-43(36)50)38(23-29)32-16-18-33(19-17-32)49-41-10-4-3-9-37(41)40-25-31(28-48)14-21-44(40)49/h1-25H. The van der Waals surface area contributed by atoms with Gasteiger partial charge in [0.25, 0.3) is 0 Å². The van der Waals surface area contributed by atoms with Crippen molar-refractivity contribution >= 4 is 43.6 Å². The molecule has 0 spiro atoms. The predicted molar refractivity (Wildman–Crippen MR) is 200 cm³/mol. The van der Waals surface area contributed by atoms with Gasteiger partial charge in [0.15, 0.2) is 0 Å². The summed E-state index contributed by atoms with van der Waals surface area (Å²) in [5.74, 6) is 0. The minimum atomic E-state index is 0.554. The van der Waals surface area contributed by atoms with E-state index in [4.69, 9.17) is 0 Å². The van der Waals surface area contributed by atoms with Crippen LogP contribution in [-0.2, 0) is 0 Å². The summed E-state index contributed by atoms with van der Waals surface area (Å²) in [6.07, 6.45) is 0. The Bertz CT molecular complexity index is 2900. The molecule has 50 heavy (non-hydrogen) atoms. The van der Waals surface area contributed by atoms with Gasteiger partial charge in [-0.2, -0.15) is 15.8 Å². The molecule has 0 radical (unpaired) electrons. The summed E-state index contributed by atoms with van der Waals surface area (Å²) in [5.41, 5.74) is 11.6. The fraction of sp³-hybridized carbons (Fsp3) is 0. The molecule has 5 heteroatoms. The summed E-state index contributed by atoms with van der Waals surface area (Å²) in [5, 5.41) is 34.0. The monoisotopic (exact) mass is 635 g/mol. The van der Waals surface area contributed by atoms with Crippen LogP contribution < -0.4 is 0 Å². The van der Waals surface area contributed by atoms with Crippen LogP contribution in [0.4, 0.5) is 0 Å². The van der Waals surface area contributed by atoms with Gasteiger partial charge in [0.05, 0.1) is 62.7 Å². The molecule has 0 atom stereocenters. The van der Waals surface area contributed by atoms with Crippen LogP contribution in [0.1, 0.15) is 16.7 Å². The van der Waals surface area contributed by atoms with Gasteiger partial charge in [0.2, 0.25) is 0 Å². The molecule has 9 rings (SSSR count). The molecule has 0 bridgehead atoms. The molecule has 0 aliphatic carbocycles. The quantitative estimate of drug-likeness (QED) is 0.193. The summed E-state index contributed by atoms with van der Waals surface area (Å²) in [7, 11) is 0. The zero-order valence-electron chi connectivity index (χ0n) is 26.7. The average molecular weight is 636 g/mol. The molecule has 230 valence electrons. The molecule has 0 amide bonds. The van der Waals surface area contributed by atoms with Crippen molar-refractivity contribution in [2.75, 3.05) is 0 Å². The molecule has 2 aromatic heterocycles. The maximum atomic E-state index is 10.0. The minimum Gasteiger partial charge on any atom is -0.309 e. The number of aromatic nitrogens is 2. The van der Waals surface area contributed by atoms with Gasteiger partial charge in [0.1, 0.15) is 0 Å².